The minimum Gasteiger partial charge on any atom is -0.364 e. The topological polar surface area (TPSA) is 21.3 Å². The summed E-state index contributed by atoms with van der Waals surface area (Å²) in [7, 11) is 0. The molecule has 1 heterocycles. The van der Waals surface area contributed by atoms with Gasteiger partial charge in [0.25, 0.3) is 0 Å². The van der Waals surface area contributed by atoms with Gasteiger partial charge in [0, 0.05) is 5.54 Å². The summed E-state index contributed by atoms with van der Waals surface area (Å²) in [5.74, 6) is 0. The summed E-state index contributed by atoms with van der Waals surface area (Å²) < 4.78 is 5.40. The van der Waals surface area contributed by atoms with Crippen molar-refractivity contribution in [3.05, 3.63) is 0 Å². The smallest absolute Gasteiger partial charge is 0.0971 e. The van der Waals surface area contributed by atoms with Crippen molar-refractivity contribution in [2.45, 2.75) is 96.4 Å². The first kappa shape index (κ1) is 17.0. The van der Waals surface area contributed by atoms with E-state index in [1.807, 2.05) is 0 Å². The lowest BCUT2D eigenvalue weighted by molar-refractivity contribution is 0.176. The van der Waals surface area contributed by atoms with Gasteiger partial charge in [-0.05, 0) is 13.3 Å². The second-order valence-corrected chi connectivity index (χ2v) is 6.52. The van der Waals surface area contributed by atoms with Crippen LogP contribution in [0.2, 0.25) is 0 Å². The maximum atomic E-state index is 5.40. The molecule has 1 aliphatic rings. The minimum absolute atomic E-state index is 0.263. The first-order chi connectivity index (χ1) is 9.27. The molecule has 1 rings (SSSR count). The Labute approximate surface area is 120 Å². The third-order valence-corrected chi connectivity index (χ3v) is 4.35. The Kier molecular flexibility index (Phi) is 9.54. The van der Waals surface area contributed by atoms with Crippen LogP contribution < -0.4 is 5.32 Å². The van der Waals surface area contributed by atoms with E-state index in [0.29, 0.717) is 0 Å². The van der Waals surface area contributed by atoms with Crippen LogP contribution in [0.3, 0.4) is 0 Å². The molecule has 0 radical (unpaired) electrons. The first-order valence-electron chi connectivity index (χ1n) is 8.60. The molecule has 0 saturated carbocycles. The summed E-state index contributed by atoms with van der Waals surface area (Å²) in [5, 5.41) is 3.45. The van der Waals surface area contributed by atoms with Crippen LogP contribution in [0.15, 0.2) is 0 Å². The fourth-order valence-corrected chi connectivity index (χ4v) is 2.89. The molecule has 1 saturated heterocycles. The maximum Gasteiger partial charge on any atom is 0.0971 e. The number of rotatable bonds is 12. The molecule has 0 aliphatic carbocycles. The molecule has 114 valence electrons. The van der Waals surface area contributed by atoms with Gasteiger partial charge in [-0.15, -0.1) is 0 Å². The molecule has 1 unspecified atom stereocenters. The van der Waals surface area contributed by atoms with Gasteiger partial charge in [-0.25, -0.2) is 0 Å². The van der Waals surface area contributed by atoms with Crippen LogP contribution >= 0.6 is 0 Å². The van der Waals surface area contributed by atoms with E-state index in [1.165, 1.54) is 77.0 Å². The number of hydrogen-bond acceptors (Lipinski definition) is 2. The van der Waals surface area contributed by atoms with Gasteiger partial charge in [0.1, 0.15) is 0 Å². The monoisotopic (exact) mass is 269 g/mol. The summed E-state index contributed by atoms with van der Waals surface area (Å²) in [6.07, 6.45) is 16.9. The Hall–Kier alpha value is -0.0800. The average molecular weight is 269 g/mol. The lowest BCUT2D eigenvalue weighted by Crippen LogP contribution is -2.38. The van der Waals surface area contributed by atoms with Crippen molar-refractivity contribution in [2.24, 2.45) is 0 Å². The fraction of sp³-hybridized carbons (Fsp3) is 1.00. The molecule has 1 atom stereocenters. The minimum atomic E-state index is 0.263. The summed E-state index contributed by atoms with van der Waals surface area (Å²) in [6, 6.07) is 0. The van der Waals surface area contributed by atoms with Gasteiger partial charge >= 0.3 is 0 Å². The first-order valence-corrected chi connectivity index (χ1v) is 8.60. The Morgan fingerprint density at radius 2 is 1.37 bits per heavy atom. The van der Waals surface area contributed by atoms with E-state index in [2.05, 4.69) is 19.2 Å². The molecule has 1 N–H and O–H groups in total. The van der Waals surface area contributed by atoms with Gasteiger partial charge < -0.3 is 4.74 Å². The summed E-state index contributed by atoms with van der Waals surface area (Å²) in [6.45, 7) is 6.21. The highest BCUT2D eigenvalue weighted by Gasteiger charge is 2.27. The van der Waals surface area contributed by atoms with Crippen LogP contribution in [0.1, 0.15) is 90.9 Å². The highest BCUT2D eigenvalue weighted by atomic mass is 16.5. The molecule has 2 nitrogen and oxygen atoms in total. The van der Waals surface area contributed by atoms with Crippen LogP contribution in [-0.4, -0.2) is 18.9 Å². The molecular formula is C17H35NO. The van der Waals surface area contributed by atoms with E-state index in [0.717, 1.165) is 13.3 Å². The van der Waals surface area contributed by atoms with Crippen molar-refractivity contribution in [2.75, 3.05) is 13.3 Å². The lowest BCUT2D eigenvalue weighted by Gasteiger charge is -2.21. The van der Waals surface area contributed by atoms with Crippen molar-refractivity contribution in [3.63, 3.8) is 0 Å². The average Bonchev–Trinajstić information content (AvgIpc) is 2.83. The Morgan fingerprint density at radius 3 is 1.84 bits per heavy atom. The van der Waals surface area contributed by atoms with Crippen LogP contribution in [-0.2, 0) is 4.74 Å². The molecule has 0 aromatic carbocycles. The van der Waals surface area contributed by atoms with Gasteiger partial charge in [-0.3, -0.25) is 5.32 Å². The predicted molar refractivity (Wildman–Crippen MR) is 83.4 cm³/mol. The molecule has 0 spiro atoms. The van der Waals surface area contributed by atoms with E-state index < -0.39 is 0 Å². The highest BCUT2D eigenvalue weighted by Crippen LogP contribution is 2.19. The largest absolute Gasteiger partial charge is 0.364 e. The normalized spacial score (nSPS) is 23.1. The molecule has 0 bridgehead atoms. The molecule has 1 aliphatic heterocycles. The van der Waals surface area contributed by atoms with Crippen molar-refractivity contribution < 1.29 is 4.74 Å². The van der Waals surface area contributed by atoms with Crippen LogP contribution in [0, 0.1) is 0 Å². The highest BCUT2D eigenvalue weighted by molar-refractivity contribution is 4.85. The molecule has 19 heavy (non-hydrogen) atoms. The standard InChI is InChI=1S/C17H35NO/c1-3-4-5-6-7-8-9-10-11-12-13-14-17(2)15-19-16-18-17/h18H,3-16H2,1-2H3. The summed E-state index contributed by atoms with van der Waals surface area (Å²) in [4.78, 5) is 0. The molecule has 2 heteroatoms. The second-order valence-electron chi connectivity index (χ2n) is 6.52. The van der Waals surface area contributed by atoms with Gasteiger partial charge in [-0.1, -0.05) is 77.6 Å². The Morgan fingerprint density at radius 1 is 0.842 bits per heavy atom. The van der Waals surface area contributed by atoms with E-state index in [4.69, 9.17) is 4.74 Å². The van der Waals surface area contributed by atoms with Crippen molar-refractivity contribution in [1.29, 1.82) is 0 Å². The van der Waals surface area contributed by atoms with Gasteiger partial charge in [0.15, 0.2) is 0 Å². The van der Waals surface area contributed by atoms with E-state index in [-0.39, 0.29) is 5.54 Å². The van der Waals surface area contributed by atoms with Crippen LogP contribution in [0.25, 0.3) is 0 Å². The molecule has 1 fully saturated rings. The zero-order valence-electron chi connectivity index (χ0n) is 13.3. The quantitative estimate of drug-likeness (QED) is 0.502. The second kappa shape index (κ2) is 10.7. The number of nitrogens with one attached hydrogen (secondary N) is 1. The molecule has 0 aromatic heterocycles. The van der Waals surface area contributed by atoms with E-state index >= 15 is 0 Å². The SMILES string of the molecule is CCCCCCCCCCCCCC1(C)COCN1. The van der Waals surface area contributed by atoms with Crippen LogP contribution in [0.5, 0.6) is 0 Å². The maximum absolute atomic E-state index is 5.40. The van der Waals surface area contributed by atoms with Gasteiger partial charge in [-0.2, -0.15) is 0 Å². The predicted octanol–water partition coefficient (Wildman–Crippen LogP) is 5.02. The number of ether oxygens (including phenoxy) is 1. The fourth-order valence-electron chi connectivity index (χ4n) is 2.89. The molecule has 0 aromatic rings. The molecular weight excluding hydrogens is 234 g/mol. The number of unbranched alkanes of at least 4 members (excludes halogenated alkanes) is 10. The lowest BCUT2D eigenvalue weighted by atomic mass is 9.95. The zero-order chi connectivity index (χ0) is 13.8. The van der Waals surface area contributed by atoms with Crippen molar-refractivity contribution in [3.8, 4) is 0 Å². The van der Waals surface area contributed by atoms with Gasteiger partial charge in [0.05, 0.1) is 13.3 Å². The van der Waals surface area contributed by atoms with E-state index in [9.17, 15) is 0 Å². The zero-order valence-corrected chi connectivity index (χ0v) is 13.3. The third-order valence-electron chi connectivity index (χ3n) is 4.35. The van der Waals surface area contributed by atoms with Crippen molar-refractivity contribution >= 4 is 0 Å². The Balaban J connectivity index is 1.76. The summed E-state index contributed by atoms with van der Waals surface area (Å²) in [5.41, 5.74) is 0.263. The third kappa shape index (κ3) is 8.65. The van der Waals surface area contributed by atoms with E-state index in [1.54, 1.807) is 0 Å². The molecule has 0 amide bonds. The van der Waals surface area contributed by atoms with Gasteiger partial charge in [0.2, 0.25) is 0 Å². The number of hydrogen-bond donors (Lipinski definition) is 1. The summed E-state index contributed by atoms with van der Waals surface area (Å²) >= 11 is 0. The Bertz CT molecular complexity index is 199. The van der Waals surface area contributed by atoms with Crippen LogP contribution in [0.4, 0.5) is 0 Å². The van der Waals surface area contributed by atoms with Crippen molar-refractivity contribution in [1.82, 2.24) is 5.32 Å².